The first kappa shape index (κ1) is 19.9. The molecule has 142 valence electrons. The van der Waals surface area contributed by atoms with Crippen LogP contribution < -0.4 is 5.32 Å². The van der Waals surface area contributed by atoms with E-state index in [1.54, 1.807) is 13.8 Å². The SMILES string of the molecule is CC(C)[C@@H](NC(=O)C1CCN(C(=O)CCc2ccccc2)CC1)C(=O)O. The van der Waals surface area contributed by atoms with Crippen molar-refractivity contribution in [2.24, 2.45) is 11.8 Å². The summed E-state index contributed by atoms with van der Waals surface area (Å²) in [7, 11) is 0. The monoisotopic (exact) mass is 360 g/mol. The first-order chi connectivity index (χ1) is 12.4. The van der Waals surface area contributed by atoms with Crippen molar-refractivity contribution in [3.63, 3.8) is 0 Å². The molecule has 0 aromatic heterocycles. The van der Waals surface area contributed by atoms with Crippen LogP contribution in [0.4, 0.5) is 0 Å². The Morgan fingerprint density at radius 3 is 2.31 bits per heavy atom. The van der Waals surface area contributed by atoms with Crippen LogP contribution in [0.5, 0.6) is 0 Å². The lowest BCUT2D eigenvalue weighted by molar-refractivity contribution is -0.144. The molecule has 1 atom stereocenters. The van der Waals surface area contributed by atoms with E-state index < -0.39 is 12.0 Å². The molecule has 1 aromatic carbocycles. The van der Waals surface area contributed by atoms with E-state index in [4.69, 9.17) is 0 Å². The number of rotatable bonds is 7. The summed E-state index contributed by atoms with van der Waals surface area (Å²) in [6.45, 7) is 4.64. The normalized spacial score (nSPS) is 16.3. The quantitative estimate of drug-likeness (QED) is 0.779. The lowest BCUT2D eigenvalue weighted by atomic mass is 9.94. The van der Waals surface area contributed by atoms with E-state index in [0.717, 1.165) is 12.0 Å². The Morgan fingerprint density at radius 2 is 1.77 bits per heavy atom. The Morgan fingerprint density at radius 1 is 1.15 bits per heavy atom. The first-order valence-electron chi connectivity index (χ1n) is 9.23. The van der Waals surface area contributed by atoms with Crippen molar-refractivity contribution in [2.75, 3.05) is 13.1 Å². The second-order valence-corrected chi connectivity index (χ2v) is 7.21. The molecular formula is C20H28N2O4. The predicted octanol–water partition coefficient (Wildman–Crippen LogP) is 2.08. The molecule has 6 nitrogen and oxygen atoms in total. The fourth-order valence-electron chi connectivity index (χ4n) is 3.23. The van der Waals surface area contributed by atoms with Crippen LogP contribution in [0.25, 0.3) is 0 Å². The fraction of sp³-hybridized carbons (Fsp3) is 0.550. The number of carbonyl (C=O) groups is 3. The zero-order valence-corrected chi connectivity index (χ0v) is 15.5. The molecule has 0 saturated carbocycles. The number of carboxylic acids is 1. The second-order valence-electron chi connectivity index (χ2n) is 7.21. The summed E-state index contributed by atoms with van der Waals surface area (Å²) >= 11 is 0. The highest BCUT2D eigenvalue weighted by Gasteiger charge is 2.30. The van der Waals surface area contributed by atoms with Crippen LogP contribution >= 0.6 is 0 Å². The van der Waals surface area contributed by atoms with Gasteiger partial charge in [-0.1, -0.05) is 44.2 Å². The highest BCUT2D eigenvalue weighted by atomic mass is 16.4. The maximum absolute atomic E-state index is 12.4. The minimum atomic E-state index is -1.01. The Bertz CT molecular complexity index is 622. The number of carbonyl (C=O) groups excluding carboxylic acids is 2. The topological polar surface area (TPSA) is 86.7 Å². The number of nitrogens with one attached hydrogen (secondary N) is 1. The fourth-order valence-corrected chi connectivity index (χ4v) is 3.23. The molecule has 1 aliphatic heterocycles. The Kier molecular flexibility index (Phi) is 7.18. The largest absolute Gasteiger partial charge is 0.480 e. The van der Waals surface area contributed by atoms with Gasteiger partial charge in [0.2, 0.25) is 11.8 Å². The van der Waals surface area contributed by atoms with Gasteiger partial charge in [-0.15, -0.1) is 0 Å². The van der Waals surface area contributed by atoms with E-state index in [0.29, 0.717) is 32.4 Å². The summed E-state index contributed by atoms with van der Waals surface area (Å²) in [6.07, 6.45) is 2.34. The van der Waals surface area contributed by atoms with Crippen LogP contribution in [0.15, 0.2) is 30.3 Å². The molecule has 0 spiro atoms. The maximum atomic E-state index is 12.4. The zero-order chi connectivity index (χ0) is 19.1. The summed E-state index contributed by atoms with van der Waals surface area (Å²) in [6, 6.07) is 9.04. The molecule has 1 saturated heterocycles. The average molecular weight is 360 g/mol. The van der Waals surface area contributed by atoms with Crippen molar-refractivity contribution in [1.29, 1.82) is 0 Å². The van der Waals surface area contributed by atoms with Crippen molar-refractivity contribution in [3.05, 3.63) is 35.9 Å². The van der Waals surface area contributed by atoms with E-state index in [2.05, 4.69) is 5.32 Å². The van der Waals surface area contributed by atoms with Gasteiger partial charge in [-0.2, -0.15) is 0 Å². The van der Waals surface area contributed by atoms with Gasteiger partial charge >= 0.3 is 5.97 Å². The van der Waals surface area contributed by atoms with E-state index in [9.17, 15) is 19.5 Å². The Balaban J connectivity index is 1.78. The van der Waals surface area contributed by atoms with Crippen molar-refractivity contribution in [1.82, 2.24) is 10.2 Å². The third-order valence-electron chi connectivity index (χ3n) is 4.92. The van der Waals surface area contributed by atoms with Crippen LogP contribution in [-0.2, 0) is 20.8 Å². The van der Waals surface area contributed by atoms with E-state index in [1.165, 1.54) is 0 Å². The van der Waals surface area contributed by atoms with Crippen molar-refractivity contribution >= 4 is 17.8 Å². The third-order valence-corrected chi connectivity index (χ3v) is 4.92. The van der Waals surface area contributed by atoms with Crippen molar-refractivity contribution < 1.29 is 19.5 Å². The van der Waals surface area contributed by atoms with Crippen molar-refractivity contribution in [2.45, 2.75) is 45.6 Å². The molecule has 1 fully saturated rings. The highest BCUT2D eigenvalue weighted by Crippen LogP contribution is 2.19. The Hall–Kier alpha value is -2.37. The second kappa shape index (κ2) is 9.36. The number of hydrogen-bond acceptors (Lipinski definition) is 3. The molecule has 0 unspecified atom stereocenters. The summed E-state index contributed by atoms with van der Waals surface area (Å²) in [4.78, 5) is 37.7. The van der Waals surface area contributed by atoms with Gasteiger partial charge in [-0.3, -0.25) is 9.59 Å². The maximum Gasteiger partial charge on any atom is 0.326 e. The molecule has 1 heterocycles. The summed E-state index contributed by atoms with van der Waals surface area (Å²) in [5.74, 6) is -1.52. The van der Waals surface area contributed by atoms with E-state index in [1.807, 2.05) is 35.2 Å². The highest BCUT2D eigenvalue weighted by molar-refractivity contribution is 5.85. The van der Waals surface area contributed by atoms with Gasteiger partial charge in [0.15, 0.2) is 0 Å². The number of likely N-dealkylation sites (tertiary alicyclic amines) is 1. The lowest BCUT2D eigenvalue weighted by Gasteiger charge is -2.32. The molecule has 26 heavy (non-hydrogen) atoms. The third kappa shape index (κ3) is 5.58. The van der Waals surface area contributed by atoms with Gasteiger partial charge in [-0.05, 0) is 30.7 Å². The number of hydrogen-bond donors (Lipinski definition) is 2. The minimum absolute atomic E-state index is 0.110. The molecule has 1 aliphatic rings. The van der Waals surface area contributed by atoms with Gasteiger partial charge in [0.1, 0.15) is 6.04 Å². The van der Waals surface area contributed by atoms with E-state index >= 15 is 0 Å². The van der Waals surface area contributed by atoms with E-state index in [-0.39, 0.29) is 23.7 Å². The number of nitrogens with zero attached hydrogens (tertiary/aromatic N) is 1. The number of piperidine rings is 1. The van der Waals surface area contributed by atoms with Crippen LogP contribution in [-0.4, -0.2) is 46.9 Å². The molecule has 0 aliphatic carbocycles. The predicted molar refractivity (Wildman–Crippen MR) is 98.5 cm³/mol. The number of aryl methyl sites for hydroxylation is 1. The van der Waals surface area contributed by atoms with Crippen LogP contribution in [0.1, 0.15) is 38.7 Å². The number of carboxylic acid groups (broad SMARTS) is 1. The summed E-state index contributed by atoms with van der Waals surface area (Å²) < 4.78 is 0. The van der Waals surface area contributed by atoms with Crippen LogP contribution in [0, 0.1) is 11.8 Å². The zero-order valence-electron chi connectivity index (χ0n) is 15.5. The standard InChI is InChI=1S/C20H28N2O4/c1-14(2)18(20(25)26)21-19(24)16-10-12-22(13-11-16)17(23)9-8-15-6-4-3-5-7-15/h3-7,14,16,18H,8-13H2,1-2H3,(H,21,24)(H,25,26)/t18-/m1/s1. The Labute approximate surface area is 154 Å². The molecule has 2 rings (SSSR count). The van der Waals surface area contributed by atoms with Crippen molar-refractivity contribution in [3.8, 4) is 0 Å². The number of amides is 2. The van der Waals surface area contributed by atoms with Gasteiger partial charge in [0.05, 0.1) is 0 Å². The molecule has 6 heteroatoms. The lowest BCUT2D eigenvalue weighted by Crippen LogP contribution is -2.49. The summed E-state index contributed by atoms with van der Waals surface area (Å²) in [5.41, 5.74) is 1.14. The molecule has 2 amide bonds. The molecule has 1 aromatic rings. The number of benzene rings is 1. The first-order valence-corrected chi connectivity index (χ1v) is 9.23. The van der Waals surface area contributed by atoms with Crippen LogP contribution in [0.3, 0.4) is 0 Å². The van der Waals surface area contributed by atoms with Crippen LogP contribution in [0.2, 0.25) is 0 Å². The van der Waals surface area contributed by atoms with Gasteiger partial charge in [0, 0.05) is 25.4 Å². The molecular weight excluding hydrogens is 332 g/mol. The van der Waals surface area contributed by atoms with Gasteiger partial charge in [-0.25, -0.2) is 4.79 Å². The van der Waals surface area contributed by atoms with Gasteiger partial charge in [0.25, 0.3) is 0 Å². The molecule has 0 radical (unpaired) electrons. The molecule has 0 bridgehead atoms. The minimum Gasteiger partial charge on any atom is -0.480 e. The smallest absolute Gasteiger partial charge is 0.326 e. The molecule has 2 N–H and O–H groups in total. The summed E-state index contributed by atoms with van der Waals surface area (Å²) in [5, 5.41) is 11.8. The average Bonchev–Trinajstić information content (AvgIpc) is 2.64. The van der Waals surface area contributed by atoms with Gasteiger partial charge < -0.3 is 15.3 Å². The number of aliphatic carboxylic acids is 1.